The highest BCUT2D eigenvalue weighted by atomic mass is 32.2. The molecule has 7 heteroatoms. The first-order valence-electron chi connectivity index (χ1n) is 10.8. The molecule has 0 amide bonds. The van der Waals surface area contributed by atoms with Crippen molar-refractivity contribution in [3.8, 4) is 16.9 Å². The van der Waals surface area contributed by atoms with Gasteiger partial charge in [0.15, 0.2) is 6.29 Å². The first-order valence-corrected chi connectivity index (χ1v) is 12.2. The average Bonchev–Trinajstić information content (AvgIpc) is 3.33. The van der Waals surface area contributed by atoms with E-state index in [0.717, 1.165) is 33.4 Å². The monoisotopic (exact) mass is 468 g/mol. The molecule has 0 unspecified atom stereocenters. The average molecular weight is 469 g/mol. The lowest BCUT2D eigenvalue weighted by atomic mass is 9.92. The van der Waals surface area contributed by atoms with Crippen molar-refractivity contribution in [1.29, 1.82) is 0 Å². The van der Waals surface area contributed by atoms with Crippen LogP contribution in [0.25, 0.3) is 11.1 Å². The van der Waals surface area contributed by atoms with E-state index in [-0.39, 0.29) is 11.5 Å². The fourth-order valence-corrected chi connectivity index (χ4v) is 4.98. The number of methoxy groups -OCH3 is 1. The number of hydrogen-bond donors (Lipinski definition) is 0. The largest absolute Gasteiger partial charge is 0.496 e. The third kappa shape index (κ3) is 4.96. The Kier molecular flexibility index (Phi) is 6.86. The van der Waals surface area contributed by atoms with Crippen LogP contribution in [0.15, 0.2) is 59.5 Å². The van der Waals surface area contributed by atoms with Crippen LogP contribution >= 0.6 is 0 Å². The van der Waals surface area contributed by atoms with Gasteiger partial charge in [-0.25, -0.2) is 0 Å². The maximum absolute atomic E-state index is 12.8. The molecule has 1 saturated heterocycles. The highest BCUT2D eigenvalue weighted by Gasteiger charge is 2.25. The summed E-state index contributed by atoms with van der Waals surface area (Å²) in [7, 11) is -2.37. The second-order valence-corrected chi connectivity index (χ2v) is 9.75. The summed E-state index contributed by atoms with van der Waals surface area (Å²) in [5.74, 6) is 0.563. The third-order valence-electron chi connectivity index (χ3n) is 5.72. The van der Waals surface area contributed by atoms with Crippen LogP contribution in [-0.4, -0.2) is 28.7 Å². The van der Waals surface area contributed by atoms with Crippen LogP contribution in [0.5, 0.6) is 5.75 Å². The molecular formula is C26H28O6S. The molecule has 3 aromatic carbocycles. The quantitative estimate of drug-likeness (QED) is 0.442. The lowest BCUT2D eigenvalue weighted by Gasteiger charge is -2.20. The Labute approximate surface area is 195 Å². The van der Waals surface area contributed by atoms with Gasteiger partial charge < -0.3 is 14.2 Å². The predicted octanol–water partition coefficient (Wildman–Crippen LogP) is 5.24. The minimum absolute atomic E-state index is 0.112. The zero-order chi connectivity index (χ0) is 23.6. The van der Waals surface area contributed by atoms with Gasteiger partial charge in [0.2, 0.25) is 0 Å². The normalized spacial score (nSPS) is 14.5. The molecule has 1 heterocycles. The molecule has 1 aliphatic heterocycles. The van der Waals surface area contributed by atoms with Crippen molar-refractivity contribution in [3.05, 3.63) is 82.4 Å². The van der Waals surface area contributed by atoms with Crippen molar-refractivity contribution in [1.82, 2.24) is 0 Å². The standard InChI is InChI=1S/C26H28O6S/c1-17-8-10-22(11-9-17)33(27,28)32-16-21-14-20(26-30-12-13-31-26)15-23(25(21)29-4)24-18(2)6-5-7-19(24)3/h5-11,14-15,26H,12-13,16H2,1-4H3. The van der Waals surface area contributed by atoms with E-state index in [4.69, 9.17) is 18.4 Å². The van der Waals surface area contributed by atoms with E-state index < -0.39 is 16.4 Å². The minimum atomic E-state index is -3.94. The molecule has 3 aromatic rings. The Balaban J connectivity index is 1.78. The lowest BCUT2D eigenvalue weighted by Crippen LogP contribution is -2.09. The van der Waals surface area contributed by atoms with E-state index in [1.807, 2.05) is 51.1 Å². The molecule has 33 heavy (non-hydrogen) atoms. The number of benzene rings is 3. The molecule has 6 nitrogen and oxygen atoms in total. The molecule has 0 bridgehead atoms. The first-order chi connectivity index (χ1) is 15.8. The highest BCUT2D eigenvalue weighted by molar-refractivity contribution is 7.86. The van der Waals surface area contributed by atoms with Crippen LogP contribution in [0, 0.1) is 20.8 Å². The summed E-state index contributed by atoms with van der Waals surface area (Å²) in [6.45, 7) is 6.80. The van der Waals surface area contributed by atoms with E-state index in [1.54, 1.807) is 31.4 Å². The molecule has 0 spiro atoms. The molecule has 1 aliphatic rings. The number of ether oxygens (including phenoxy) is 3. The zero-order valence-corrected chi connectivity index (χ0v) is 20.1. The van der Waals surface area contributed by atoms with E-state index in [1.165, 1.54) is 0 Å². The summed E-state index contributed by atoms with van der Waals surface area (Å²) in [5, 5.41) is 0. The van der Waals surface area contributed by atoms with Gasteiger partial charge in [0.05, 0.1) is 31.8 Å². The van der Waals surface area contributed by atoms with Crippen molar-refractivity contribution >= 4 is 10.1 Å². The maximum atomic E-state index is 12.8. The van der Waals surface area contributed by atoms with Crippen LogP contribution in [0.4, 0.5) is 0 Å². The van der Waals surface area contributed by atoms with Crippen molar-refractivity contribution < 1.29 is 26.8 Å². The maximum Gasteiger partial charge on any atom is 0.297 e. The smallest absolute Gasteiger partial charge is 0.297 e. The van der Waals surface area contributed by atoms with E-state index in [9.17, 15) is 8.42 Å². The topological polar surface area (TPSA) is 71.1 Å². The number of rotatable bonds is 7. The summed E-state index contributed by atoms with van der Waals surface area (Å²) < 4.78 is 48.3. The predicted molar refractivity (Wildman–Crippen MR) is 126 cm³/mol. The first kappa shape index (κ1) is 23.4. The van der Waals surface area contributed by atoms with Crippen LogP contribution in [0.2, 0.25) is 0 Å². The Bertz CT molecular complexity index is 1220. The highest BCUT2D eigenvalue weighted by Crippen LogP contribution is 2.41. The van der Waals surface area contributed by atoms with Crippen molar-refractivity contribution in [3.63, 3.8) is 0 Å². The van der Waals surface area contributed by atoms with Crippen LogP contribution in [-0.2, 0) is 30.4 Å². The molecule has 1 fully saturated rings. The van der Waals surface area contributed by atoms with Gasteiger partial charge in [-0.15, -0.1) is 0 Å². The van der Waals surface area contributed by atoms with Gasteiger partial charge in [-0.05, 0) is 61.7 Å². The van der Waals surface area contributed by atoms with Crippen molar-refractivity contribution in [2.24, 2.45) is 0 Å². The summed E-state index contributed by atoms with van der Waals surface area (Å²) in [6.07, 6.45) is -0.522. The van der Waals surface area contributed by atoms with Crippen molar-refractivity contribution in [2.75, 3.05) is 20.3 Å². The summed E-state index contributed by atoms with van der Waals surface area (Å²) in [6, 6.07) is 16.5. The zero-order valence-electron chi connectivity index (χ0n) is 19.3. The van der Waals surface area contributed by atoms with Crippen LogP contribution in [0.1, 0.15) is 34.1 Å². The minimum Gasteiger partial charge on any atom is -0.496 e. The van der Waals surface area contributed by atoms with Gasteiger partial charge in [0.25, 0.3) is 10.1 Å². The van der Waals surface area contributed by atoms with Crippen LogP contribution in [0.3, 0.4) is 0 Å². The van der Waals surface area contributed by atoms with Gasteiger partial charge in [0.1, 0.15) is 5.75 Å². The van der Waals surface area contributed by atoms with Gasteiger partial charge in [0, 0.05) is 16.7 Å². The fraction of sp³-hybridized carbons (Fsp3) is 0.308. The molecule has 0 N–H and O–H groups in total. The fourth-order valence-electron chi connectivity index (χ4n) is 4.09. The number of hydrogen-bond acceptors (Lipinski definition) is 6. The molecule has 0 radical (unpaired) electrons. The van der Waals surface area contributed by atoms with Crippen molar-refractivity contribution in [2.45, 2.75) is 38.6 Å². The SMILES string of the molecule is COc1c(COS(=O)(=O)c2ccc(C)cc2)cc(C2OCCO2)cc1-c1c(C)cccc1C. The second kappa shape index (κ2) is 9.65. The molecule has 0 aliphatic carbocycles. The Morgan fingerprint density at radius 3 is 2.18 bits per heavy atom. The Morgan fingerprint density at radius 2 is 1.58 bits per heavy atom. The molecule has 0 atom stereocenters. The molecular weight excluding hydrogens is 440 g/mol. The van der Waals surface area contributed by atoms with Crippen LogP contribution < -0.4 is 4.74 Å². The van der Waals surface area contributed by atoms with E-state index in [2.05, 4.69) is 0 Å². The lowest BCUT2D eigenvalue weighted by molar-refractivity contribution is -0.0441. The molecule has 0 aromatic heterocycles. The Morgan fingerprint density at radius 1 is 0.939 bits per heavy atom. The van der Waals surface area contributed by atoms with Gasteiger partial charge in [-0.3, -0.25) is 4.18 Å². The number of aryl methyl sites for hydroxylation is 3. The van der Waals surface area contributed by atoms with Gasteiger partial charge >= 0.3 is 0 Å². The molecule has 174 valence electrons. The molecule has 4 rings (SSSR count). The summed E-state index contributed by atoms with van der Waals surface area (Å²) in [5.41, 5.74) is 6.39. The Hall–Kier alpha value is -2.71. The van der Waals surface area contributed by atoms with E-state index in [0.29, 0.717) is 24.5 Å². The summed E-state index contributed by atoms with van der Waals surface area (Å²) in [4.78, 5) is 0.112. The van der Waals surface area contributed by atoms with Gasteiger partial charge in [-0.1, -0.05) is 35.9 Å². The summed E-state index contributed by atoms with van der Waals surface area (Å²) >= 11 is 0. The molecule has 0 saturated carbocycles. The van der Waals surface area contributed by atoms with Gasteiger partial charge in [-0.2, -0.15) is 8.42 Å². The van der Waals surface area contributed by atoms with E-state index >= 15 is 0 Å². The second-order valence-electron chi connectivity index (χ2n) is 8.13. The third-order valence-corrected chi connectivity index (χ3v) is 6.99.